The smallest absolute Gasteiger partial charge is 0.311 e. The van der Waals surface area contributed by atoms with Crippen LogP contribution in [0.25, 0.3) is 0 Å². The van der Waals surface area contributed by atoms with E-state index < -0.39 is 4.92 Å². The molecule has 0 aromatic carbocycles. The Bertz CT molecular complexity index is 465. The lowest BCUT2D eigenvalue weighted by atomic mass is 9.99. The molecule has 0 aliphatic carbocycles. The Kier molecular flexibility index (Phi) is 3.33. The van der Waals surface area contributed by atoms with Crippen molar-refractivity contribution in [3.05, 3.63) is 22.2 Å². The number of hydrogen-bond donors (Lipinski definition) is 2. The maximum absolute atomic E-state index is 10.7. The quantitative estimate of drug-likeness (QED) is 0.596. The maximum Gasteiger partial charge on any atom is 0.311 e. The van der Waals surface area contributed by atoms with Gasteiger partial charge >= 0.3 is 5.69 Å². The largest absolute Gasteiger partial charge is 0.378 e. The monoisotopic (exact) mass is 251 g/mol. The minimum atomic E-state index is -0.526. The second kappa shape index (κ2) is 4.77. The van der Waals surface area contributed by atoms with E-state index in [1.807, 2.05) is 0 Å². The number of aromatic nitrogens is 1. The molecule has 18 heavy (non-hydrogen) atoms. The van der Waals surface area contributed by atoms with Gasteiger partial charge in [-0.05, 0) is 25.8 Å². The molecule has 0 saturated carbocycles. The summed E-state index contributed by atoms with van der Waals surface area (Å²) in [6, 6.07) is 3.52. The highest BCUT2D eigenvalue weighted by molar-refractivity contribution is 5.58. The second-order valence-corrected chi connectivity index (χ2v) is 4.66. The number of anilines is 2. The molecule has 0 radical (unpaired) electrons. The zero-order valence-corrected chi connectivity index (χ0v) is 10.2. The number of nitrogens with zero attached hydrogens (tertiary/aromatic N) is 3. The molecule has 2 rings (SSSR count). The fourth-order valence-electron chi connectivity index (χ4n) is 2.32. The van der Waals surface area contributed by atoms with Crippen molar-refractivity contribution in [1.82, 2.24) is 4.98 Å². The fraction of sp³-hybridized carbons (Fsp3) is 0.545. The number of piperidine rings is 1. The minimum Gasteiger partial charge on any atom is -0.378 e. The van der Waals surface area contributed by atoms with Crippen molar-refractivity contribution in [2.45, 2.75) is 31.8 Å². The molecule has 7 nitrogen and oxygen atoms in total. The second-order valence-electron chi connectivity index (χ2n) is 4.66. The van der Waals surface area contributed by atoms with Crippen LogP contribution < -0.4 is 16.4 Å². The standard InChI is InChI=1S/C11H17N5O2/c1-7-6-8(12)4-5-15(7)10-3-2-9(16(17)18)11(13)14-10/h2-3,7-8H,4-6,12H2,1H3,(H2,13,14). The molecule has 98 valence electrons. The van der Waals surface area contributed by atoms with E-state index in [-0.39, 0.29) is 23.6 Å². The molecule has 1 aromatic heterocycles. The first-order valence-electron chi connectivity index (χ1n) is 5.92. The molecule has 2 atom stereocenters. The van der Waals surface area contributed by atoms with Gasteiger partial charge in [0.25, 0.3) is 0 Å². The van der Waals surface area contributed by atoms with Crippen LogP contribution in [-0.4, -0.2) is 28.5 Å². The van der Waals surface area contributed by atoms with Crippen LogP contribution in [0.2, 0.25) is 0 Å². The molecular formula is C11H17N5O2. The number of nitrogen functional groups attached to an aromatic ring is 1. The third kappa shape index (κ3) is 2.35. The third-order valence-corrected chi connectivity index (χ3v) is 3.30. The van der Waals surface area contributed by atoms with Crippen LogP contribution in [0.4, 0.5) is 17.3 Å². The summed E-state index contributed by atoms with van der Waals surface area (Å²) >= 11 is 0. The summed E-state index contributed by atoms with van der Waals surface area (Å²) < 4.78 is 0. The fourth-order valence-corrected chi connectivity index (χ4v) is 2.32. The molecule has 1 aliphatic rings. The average molecular weight is 251 g/mol. The summed E-state index contributed by atoms with van der Waals surface area (Å²) in [6.07, 6.45) is 1.78. The van der Waals surface area contributed by atoms with Crippen LogP contribution in [0.5, 0.6) is 0 Å². The summed E-state index contributed by atoms with van der Waals surface area (Å²) in [5.74, 6) is 0.636. The van der Waals surface area contributed by atoms with Gasteiger partial charge in [-0.1, -0.05) is 0 Å². The number of pyridine rings is 1. The van der Waals surface area contributed by atoms with Crippen molar-refractivity contribution >= 4 is 17.3 Å². The van der Waals surface area contributed by atoms with Crippen molar-refractivity contribution in [3.63, 3.8) is 0 Å². The van der Waals surface area contributed by atoms with Crippen LogP contribution in [0.1, 0.15) is 19.8 Å². The van der Waals surface area contributed by atoms with Crippen molar-refractivity contribution < 1.29 is 4.92 Å². The van der Waals surface area contributed by atoms with Crippen molar-refractivity contribution in [1.29, 1.82) is 0 Å². The van der Waals surface area contributed by atoms with E-state index >= 15 is 0 Å². The average Bonchev–Trinajstić information content (AvgIpc) is 2.28. The Morgan fingerprint density at radius 3 is 2.83 bits per heavy atom. The zero-order chi connectivity index (χ0) is 13.3. The summed E-state index contributed by atoms with van der Waals surface area (Å²) in [7, 11) is 0. The number of hydrogen-bond acceptors (Lipinski definition) is 6. The Labute approximate surface area is 105 Å². The van der Waals surface area contributed by atoms with Gasteiger partial charge in [-0.2, -0.15) is 0 Å². The predicted octanol–water partition coefficient (Wildman–Crippen LogP) is 0.888. The molecular weight excluding hydrogens is 234 g/mol. The zero-order valence-electron chi connectivity index (χ0n) is 10.2. The molecule has 1 aromatic rings. The molecule has 0 spiro atoms. The van der Waals surface area contributed by atoms with Gasteiger partial charge < -0.3 is 16.4 Å². The Hall–Kier alpha value is -1.89. The molecule has 0 bridgehead atoms. The van der Waals surface area contributed by atoms with Gasteiger partial charge in [0.2, 0.25) is 5.82 Å². The Morgan fingerprint density at radius 2 is 2.28 bits per heavy atom. The summed E-state index contributed by atoms with van der Waals surface area (Å²) in [6.45, 7) is 2.87. The summed E-state index contributed by atoms with van der Waals surface area (Å²) in [4.78, 5) is 16.3. The predicted molar refractivity (Wildman–Crippen MR) is 69.3 cm³/mol. The number of nitro groups is 1. The van der Waals surface area contributed by atoms with Gasteiger partial charge in [-0.15, -0.1) is 0 Å². The van der Waals surface area contributed by atoms with E-state index in [1.165, 1.54) is 6.07 Å². The van der Waals surface area contributed by atoms with Crippen molar-refractivity contribution in [3.8, 4) is 0 Å². The topological polar surface area (TPSA) is 111 Å². The van der Waals surface area contributed by atoms with Crippen LogP contribution in [0, 0.1) is 10.1 Å². The lowest BCUT2D eigenvalue weighted by molar-refractivity contribution is -0.384. The van der Waals surface area contributed by atoms with Crippen LogP contribution >= 0.6 is 0 Å². The van der Waals surface area contributed by atoms with Crippen LogP contribution in [-0.2, 0) is 0 Å². The molecule has 7 heteroatoms. The highest BCUT2D eigenvalue weighted by atomic mass is 16.6. The highest BCUT2D eigenvalue weighted by Crippen LogP contribution is 2.27. The first-order valence-corrected chi connectivity index (χ1v) is 5.92. The normalized spacial score (nSPS) is 24.0. The molecule has 4 N–H and O–H groups in total. The lowest BCUT2D eigenvalue weighted by Crippen LogP contribution is -2.46. The van der Waals surface area contributed by atoms with E-state index in [0.29, 0.717) is 5.82 Å². The van der Waals surface area contributed by atoms with E-state index in [0.717, 1.165) is 19.4 Å². The van der Waals surface area contributed by atoms with E-state index in [2.05, 4.69) is 16.8 Å². The molecule has 0 amide bonds. The first kappa shape index (κ1) is 12.6. The SMILES string of the molecule is CC1CC(N)CCN1c1ccc([N+](=O)[O-])c(N)n1. The summed E-state index contributed by atoms with van der Waals surface area (Å²) in [5, 5.41) is 10.7. The summed E-state index contributed by atoms with van der Waals surface area (Å²) in [5.41, 5.74) is 11.3. The van der Waals surface area contributed by atoms with Gasteiger partial charge in [-0.25, -0.2) is 4.98 Å². The molecule has 1 aliphatic heterocycles. The van der Waals surface area contributed by atoms with E-state index in [4.69, 9.17) is 11.5 Å². The van der Waals surface area contributed by atoms with Gasteiger partial charge in [0.15, 0.2) is 0 Å². The highest BCUT2D eigenvalue weighted by Gasteiger charge is 2.25. The molecule has 2 heterocycles. The number of rotatable bonds is 2. The third-order valence-electron chi connectivity index (χ3n) is 3.30. The molecule has 1 saturated heterocycles. The molecule has 1 fully saturated rings. The molecule has 2 unspecified atom stereocenters. The van der Waals surface area contributed by atoms with Gasteiger partial charge in [-0.3, -0.25) is 10.1 Å². The Morgan fingerprint density at radius 1 is 1.56 bits per heavy atom. The van der Waals surface area contributed by atoms with E-state index in [1.54, 1.807) is 6.07 Å². The minimum absolute atomic E-state index is 0.0421. The van der Waals surface area contributed by atoms with E-state index in [9.17, 15) is 10.1 Å². The Balaban J connectivity index is 2.24. The van der Waals surface area contributed by atoms with Gasteiger partial charge in [0.1, 0.15) is 5.82 Å². The number of nitrogens with two attached hydrogens (primary N) is 2. The van der Waals surface area contributed by atoms with Crippen LogP contribution in [0.15, 0.2) is 12.1 Å². The maximum atomic E-state index is 10.7. The van der Waals surface area contributed by atoms with Crippen molar-refractivity contribution in [2.24, 2.45) is 5.73 Å². The van der Waals surface area contributed by atoms with Gasteiger partial charge in [0.05, 0.1) is 4.92 Å². The van der Waals surface area contributed by atoms with Crippen LogP contribution in [0.3, 0.4) is 0 Å². The first-order chi connectivity index (χ1) is 8.49. The lowest BCUT2D eigenvalue weighted by Gasteiger charge is -2.37. The van der Waals surface area contributed by atoms with Gasteiger partial charge in [0, 0.05) is 24.7 Å². The van der Waals surface area contributed by atoms with Crippen molar-refractivity contribution in [2.75, 3.05) is 17.2 Å².